The zero-order valence-electron chi connectivity index (χ0n) is 10.6. The van der Waals surface area contributed by atoms with Gasteiger partial charge in [-0.15, -0.1) is 0 Å². The Bertz CT molecular complexity index is 608. The second-order valence-electron chi connectivity index (χ2n) is 4.39. The number of rotatable bonds is 4. The first-order valence-electron chi connectivity index (χ1n) is 5.82. The molecule has 100 valence electrons. The standard InChI is InChI=1S/C13H14ClN3O2/c1-8(2)17-6-5-12(16-17)15-11-4-3-9(14)7-10(11)13(18)19/h3-8H,1-2H3,(H,15,16)(H,18,19). The fourth-order valence-electron chi connectivity index (χ4n) is 1.63. The highest BCUT2D eigenvalue weighted by atomic mass is 35.5. The lowest BCUT2D eigenvalue weighted by atomic mass is 10.2. The molecule has 0 bridgehead atoms. The van der Waals surface area contributed by atoms with Crippen molar-refractivity contribution in [3.63, 3.8) is 0 Å². The number of halogens is 1. The summed E-state index contributed by atoms with van der Waals surface area (Å²) >= 11 is 5.80. The molecule has 0 atom stereocenters. The highest BCUT2D eigenvalue weighted by Gasteiger charge is 2.12. The zero-order chi connectivity index (χ0) is 14.0. The van der Waals surface area contributed by atoms with Crippen molar-refractivity contribution >= 4 is 29.1 Å². The average molecular weight is 280 g/mol. The van der Waals surface area contributed by atoms with Gasteiger partial charge in [-0.2, -0.15) is 5.10 Å². The molecule has 1 heterocycles. The van der Waals surface area contributed by atoms with E-state index in [9.17, 15) is 4.79 Å². The molecular weight excluding hydrogens is 266 g/mol. The van der Waals surface area contributed by atoms with Crippen LogP contribution in [0.25, 0.3) is 0 Å². The van der Waals surface area contributed by atoms with Crippen molar-refractivity contribution in [1.29, 1.82) is 0 Å². The van der Waals surface area contributed by atoms with Crippen molar-refractivity contribution in [2.24, 2.45) is 0 Å². The van der Waals surface area contributed by atoms with Crippen LogP contribution in [0.4, 0.5) is 11.5 Å². The summed E-state index contributed by atoms with van der Waals surface area (Å²) in [6.45, 7) is 4.03. The molecule has 5 nitrogen and oxygen atoms in total. The molecule has 0 saturated heterocycles. The van der Waals surface area contributed by atoms with E-state index < -0.39 is 5.97 Å². The predicted molar refractivity (Wildman–Crippen MR) is 74.3 cm³/mol. The molecule has 0 saturated carbocycles. The number of nitrogens with one attached hydrogen (secondary N) is 1. The highest BCUT2D eigenvalue weighted by molar-refractivity contribution is 6.31. The number of hydrogen-bond donors (Lipinski definition) is 2. The topological polar surface area (TPSA) is 67.2 Å². The van der Waals surface area contributed by atoms with Gasteiger partial charge in [0.25, 0.3) is 0 Å². The van der Waals surface area contributed by atoms with Gasteiger partial charge in [0.2, 0.25) is 0 Å². The molecule has 1 aromatic carbocycles. The smallest absolute Gasteiger partial charge is 0.337 e. The fourth-order valence-corrected chi connectivity index (χ4v) is 1.80. The third kappa shape index (κ3) is 3.06. The molecule has 2 N–H and O–H groups in total. The monoisotopic (exact) mass is 279 g/mol. The minimum absolute atomic E-state index is 0.117. The number of hydrogen-bond acceptors (Lipinski definition) is 3. The molecule has 0 amide bonds. The van der Waals surface area contributed by atoms with Crippen LogP contribution in [0, 0.1) is 0 Å². The van der Waals surface area contributed by atoms with Crippen molar-refractivity contribution in [3.05, 3.63) is 41.0 Å². The first-order chi connectivity index (χ1) is 8.97. The molecule has 0 aliphatic heterocycles. The van der Waals surface area contributed by atoms with E-state index in [-0.39, 0.29) is 11.6 Å². The molecule has 0 aliphatic rings. The Morgan fingerprint density at radius 3 is 2.74 bits per heavy atom. The lowest BCUT2D eigenvalue weighted by Crippen LogP contribution is -2.05. The second kappa shape index (κ2) is 5.32. The molecule has 1 aromatic heterocycles. The Morgan fingerprint density at radius 2 is 2.16 bits per heavy atom. The van der Waals surface area contributed by atoms with Gasteiger partial charge in [-0.25, -0.2) is 4.79 Å². The SMILES string of the molecule is CC(C)n1ccc(Nc2ccc(Cl)cc2C(=O)O)n1. The minimum Gasteiger partial charge on any atom is -0.478 e. The van der Waals surface area contributed by atoms with Crippen LogP contribution < -0.4 is 5.32 Å². The number of carboxylic acid groups (broad SMARTS) is 1. The summed E-state index contributed by atoms with van der Waals surface area (Å²) in [4.78, 5) is 11.2. The quantitative estimate of drug-likeness (QED) is 0.898. The van der Waals surface area contributed by atoms with Crippen molar-refractivity contribution in [2.45, 2.75) is 19.9 Å². The lowest BCUT2D eigenvalue weighted by Gasteiger charge is -2.08. The third-order valence-corrected chi connectivity index (χ3v) is 2.85. The molecule has 0 fully saturated rings. The fraction of sp³-hybridized carbons (Fsp3) is 0.231. The minimum atomic E-state index is -1.03. The summed E-state index contributed by atoms with van der Waals surface area (Å²) in [5, 5.41) is 16.8. The number of carboxylic acids is 1. The maximum absolute atomic E-state index is 11.2. The van der Waals surface area contributed by atoms with Gasteiger partial charge in [0, 0.05) is 23.3 Å². The van der Waals surface area contributed by atoms with Crippen LogP contribution in [0.1, 0.15) is 30.2 Å². The van der Waals surface area contributed by atoms with E-state index >= 15 is 0 Å². The molecule has 0 spiro atoms. The van der Waals surface area contributed by atoms with E-state index in [1.807, 2.05) is 20.0 Å². The van der Waals surface area contributed by atoms with E-state index in [2.05, 4.69) is 10.4 Å². The summed E-state index contributed by atoms with van der Waals surface area (Å²) in [5.41, 5.74) is 0.581. The van der Waals surface area contributed by atoms with Gasteiger partial charge >= 0.3 is 5.97 Å². The Kier molecular flexibility index (Phi) is 3.76. The van der Waals surface area contributed by atoms with Gasteiger partial charge in [-0.3, -0.25) is 4.68 Å². The summed E-state index contributed by atoms with van der Waals surface area (Å²) in [7, 11) is 0. The van der Waals surface area contributed by atoms with Crippen LogP contribution in [0.2, 0.25) is 5.02 Å². The van der Waals surface area contributed by atoms with E-state index in [0.29, 0.717) is 16.5 Å². The second-order valence-corrected chi connectivity index (χ2v) is 4.83. The summed E-state index contributed by atoms with van der Waals surface area (Å²) in [6, 6.07) is 6.71. The van der Waals surface area contributed by atoms with Crippen LogP contribution >= 0.6 is 11.6 Å². The van der Waals surface area contributed by atoms with Crippen LogP contribution in [-0.2, 0) is 0 Å². The largest absolute Gasteiger partial charge is 0.478 e. The van der Waals surface area contributed by atoms with Crippen molar-refractivity contribution in [2.75, 3.05) is 5.32 Å². The number of aromatic carboxylic acids is 1. The first kappa shape index (κ1) is 13.4. The maximum Gasteiger partial charge on any atom is 0.337 e. The van der Waals surface area contributed by atoms with E-state index in [4.69, 9.17) is 16.7 Å². The predicted octanol–water partition coefficient (Wildman–Crippen LogP) is 3.56. The molecule has 2 rings (SSSR count). The molecular formula is C13H14ClN3O2. The van der Waals surface area contributed by atoms with Crippen LogP contribution in [0.5, 0.6) is 0 Å². The lowest BCUT2D eigenvalue weighted by molar-refractivity contribution is 0.0698. The highest BCUT2D eigenvalue weighted by Crippen LogP contribution is 2.24. The maximum atomic E-state index is 11.2. The van der Waals surface area contributed by atoms with E-state index in [0.717, 1.165) is 0 Å². The van der Waals surface area contributed by atoms with Gasteiger partial charge in [0.15, 0.2) is 5.82 Å². The van der Waals surface area contributed by atoms with Crippen molar-refractivity contribution in [1.82, 2.24) is 9.78 Å². The zero-order valence-corrected chi connectivity index (χ0v) is 11.3. The summed E-state index contributed by atoms with van der Waals surface area (Å²) in [5.74, 6) is -0.438. The number of nitrogens with zero attached hydrogens (tertiary/aromatic N) is 2. The third-order valence-electron chi connectivity index (χ3n) is 2.61. The summed E-state index contributed by atoms with van der Waals surface area (Å²) < 4.78 is 1.79. The molecule has 19 heavy (non-hydrogen) atoms. The van der Waals surface area contributed by atoms with Gasteiger partial charge < -0.3 is 10.4 Å². The van der Waals surface area contributed by atoms with Crippen LogP contribution in [0.15, 0.2) is 30.5 Å². The Hall–Kier alpha value is -2.01. The number of carbonyl (C=O) groups is 1. The Morgan fingerprint density at radius 1 is 1.42 bits per heavy atom. The molecule has 0 aliphatic carbocycles. The number of anilines is 2. The van der Waals surface area contributed by atoms with Crippen LogP contribution in [0.3, 0.4) is 0 Å². The van der Waals surface area contributed by atoms with Crippen LogP contribution in [-0.4, -0.2) is 20.9 Å². The first-order valence-corrected chi connectivity index (χ1v) is 6.20. The Balaban J connectivity index is 2.29. The molecule has 0 radical (unpaired) electrons. The molecule has 2 aromatic rings. The van der Waals surface area contributed by atoms with E-state index in [1.54, 1.807) is 22.9 Å². The van der Waals surface area contributed by atoms with Gasteiger partial charge in [-0.05, 0) is 32.0 Å². The van der Waals surface area contributed by atoms with Gasteiger partial charge in [0.05, 0.1) is 11.3 Å². The van der Waals surface area contributed by atoms with Gasteiger partial charge in [0.1, 0.15) is 0 Å². The summed E-state index contributed by atoms with van der Waals surface area (Å²) in [6.07, 6.45) is 1.84. The number of benzene rings is 1. The molecule has 6 heteroatoms. The normalized spacial score (nSPS) is 10.7. The molecule has 0 unspecified atom stereocenters. The van der Waals surface area contributed by atoms with Crippen molar-refractivity contribution in [3.8, 4) is 0 Å². The number of aromatic nitrogens is 2. The average Bonchev–Trinajstić information content (AvgIpc) is 2.80. The Labute approximate surface area is 115 Å². The van der Waals surface area contributed by atoms with Crippen molar-refractivity contribution < 1.29 is 9.90 Å². The van der Waals surface area contributed by atoms with Gasteiger partial charge in [-0.1, -0.05) is 11.6 Å². The van der Waals surface area contributed by atoms with E-state index in [1.165, 1.54) is 6.07 Å².